The number of hydrogen-bond donors (Lipinski definition) is 1. The summed E-state index contributed by atoms with van der Waals surface area (Å²) in [5.74, 6) is 0.860. The molecule has 0 saturated heterocycles. The van der Waals surface area contributed by atoms with Gasteiger partial charge in [0, 0.05) is 12.1 Å². The Morgan fingerprint density at radius 3 is 2.44 bits per heavy atom. The molecule has 0 aliphatic rings. The molecule has 0 unspecified atom stereocenters. The van der Waals surface area contributed by atoms with E-state index in [-0.39, 0.29) is 0 Å². The van der Waals surface area contributed by atoms with Crippen molar-refractivity contribution in [2.75, 3.05) is 27.2 Å². The molecule has 0 aromatic heterocycles. The molecule has 0 aliphatic carbocycles. The molecule has 0 atom stereocenters. The Balaban J connectivity index is 2.35. The highest BCUT2D eigenvalue weighted by Gasteiger charge is 1.97. The third-order valence-electron chi connectivity index (χ3n) is 2.16. The average molecular weight is 238 g/mol. The number of ether oxygens (including phenoxy) is 1. The summed E-state index contributed by atoms with van der Waals surface area (Å²) >= 11 is 4.87. The van der Waals surface area contributed by atoms with Crippen LogP contribution in [0.2, 0.25) is 0 Å². The molecule has 0 bridgehead atoms. The van der Waals surface area contributed by atoms with Crippen LogP contribution >= 0.6 is 12.2 Å². The van der Waals surface area contributed by atoms with Crippen LogP contribution in [0, 0.1) is 0 Å². The van der Waals surface area contributed by atoms with Crippen LogP contribution in [0.5, 0.6) is 5.75 Å². The van der Waals surface area contributed by atoms with Gasteiger partial charge in [0.15, 0.2) is 0 Å². The summed E-state index contributed by atoms with van der Waals surface area (Å²) < 4.78 is 5.58. The van der Waals surface area contributed by atoms with Crippen molar-refractivity contribution in [3.8, 4) is 5.75 Å². The van der Waals surface area contributed by atoms with E-state index in [4.69, 9.17) is 22.7 Å². The van der Waals surface area contributed by atoms with Gasteiger partial charge in [-0.1, -0.05) is 12.2 Å². The SMILES string of the molecule is CN(C)CCCOc1ccc(C(N)=S)cc1. The Kier molecular flexibility index (Phi) is 5.22. The highest BCUT2D eigenvalue weighted by Crippen LogP contribution is 2.12. The lowest BCUT2D eigenvalue weighted by Gasteiger charge is -2.10. The quantitative estimate of drug-likeness (QED) is 0.604. The maximum absolute atomic E-state index is 5.58. The van der Waals surface area contributed by atoms with Crippen LogP contribution in [-0.4, -0.2) is 37.1 Å². The first kappa shape index (κ1) is 12.9. The van der Waals surface area contributed by atoms with Crippen LogP contribution in [0.3, 0.4) is 0 Å². The fraction of sp³-hybridized carbons (Fsp3) is 0.417. The summed E-state index contributed by atoms with van der Waals surface area (Å²) in [5.41, 5.74) is 6.37. The molecule has 0 fully saturated rings. The molecule has 0 heterocycles. The van der Waals surface area contributed by atoms with Crippen molar-refractivity contribution in [2.24, 2.45) is 5.73 Å². The van der Waals surface area contributed by atoms with Crippen LogP contribution in [0.15, 0.2) is 24.3 Å². The van der Waals surface area contributed by atoms with Crippen molar-refractivity contribution in [3.63, 3.8) is 0 Å². The number of benzene rings is 1. The molecule has 1 rings (SSSR count). The summed E-state index contributed by atoms with van der Waals surface area (Å²) in [5, 5.41) is 0. The summed E-state index contributed by atoms with van der Waals surface area (Å²) in [6, 6.07) is 7.54. The molecule has 0 aliphatic heterocycles. The normalized spacial score (nSPS) is 10.4. The van der Waals surface area contributed by atoms with Crippen molar-refractivity contribution in [1.82, 2.24) is 4.90 Å². The Bertz CT molecular complexity index is 335. The molecule has 0 radical (unpaired) electrons. The van der Waals surface area contributed by atoms with Gasteiger partial charge in [-0.3, -0.25) is 0 Å². The van der Waals surface area contributed by atoms with Crippen LogP contribution in [0.1, 0.15) is 12.0 Å². The van der Waals surface area contributed by atoms with Crippen molar-refractivity contribution >= 4 is 17.2 Å². The van der Waals surface area contributed by atoms with Crippen LogP contribution in [0.4, 0.5) is 0 Å². The van der Waals surface area contributed by atoms with Crippen LogP contribution < -0.4 is 10.5 Å². The molecule has 1 aromatic rings. The highest BCUT2D eigenvalue weighted by atomic mass is 32.1. The molecule has 2 N–H and O–H groups in total. The minimum atomic E-state index is 0.416. The first-order chi connectivity index (χ1) is 7.59. The molecule has 0 amide bonds. The Labute approximate surface area is 102 Å². The zero-order valence-electron chi connectivity index (χ0n) is 9.77. The second-order valence-electron chi connectivity index (χ2n) is 3.89. The van der Waals surface area contributed by atoms with E-state index in [1.807, 2.05) is 24.3 Å². The van der Waals surface area contributed by atoms with E-state index in [1.165, 1.54) is 0 Å². The van der Waals surface area contributed by atoms with E-state index in [2.05, 4.69) is 19.0 Å². The highest BCUT2D eigenvalue weighted by molar-refractivity contribution is 7.80. The Morgan fingerprint density at radius 1 is 1.31 bits per heavy atom. The van der Waals surface area contributed by atoms with E-state index in [0.717, 1.165) is 30.9 Å². The summed E-state index contributed by atoms with van der Waals surface area (Å²) in [6.07, 6.45) is 1.02. The average Bonchev–Trinajstić information content (AvgIpc) is 2.25. The summed E-state index contributed by atoms with van der Waals surface area (Å²) in [6.45, 7) is 1.76. The molecule has 0 spiro atoms. The largest absolute Gasteiger partial charge is 0.494 e. The second-order valence-corrected chi connectivity index (χ2v) is 4.33. The lowest BCUT2D eigenvalue weighted by atomic mass is 10.2. The molecule has 0 saturated carbocycles. The third-order valence-corrected chi connectivity index (χ3v) is 2.39. The number of nitrogens with two attached hydrogens (primary N) is 1. The second kappa shape index (κ2) is 6.45. The van der Waals surface area contributed by atoms with Crippen molar-refractivity contribution in [1.29, 1.82) is 0 Å². The van der Waals surface area contributed by atoms with E-state index in [9.17, 15) is 0 Å². The first-order valence-electron chi connectivity index (χ1n) is 5.27. The van der Waals surface area contributed by atoms with Gasteiger partial charge < -0.3 is 15.4 Å². The van der Waals surface area contributed by atoms with Gasteiger partial charge >= 0.3 is 0 Å². The van der Waals surface area contributed by atoms with E-state index < -0.39 is 0 Å². The first-order valence-corrected chi connectivity index (χ1v) is 5.68. The molecule has 16 heavy (non-hydrogen) atoms. The minimum absolute atomic E-state index is 0.416. The van der Waals surface area contributed by atoms with Gasteiger partial charge in [0.25, 0.3) is 0 Å². The predicted octanol–water partition coefficient (Wildman–Crippen LogP) is 1.65. The number of thiocarbonyl (C=S) groups is 1. The van der Waals surface area contributed by atoms with Gasteiger partial charge in [-0.15, -0.1) is 0 Å². The summed E-state index contributed by atoms with van der Waals surface area (Å²) in [7, 11) is 4.11. The molecular weight excluding hydrogens is 220 g/mol. The van der Waals surface area contributed by atoms with Gasteiger partial charge in [-0.2, -0.15) is 0 Å². The fourth-order valence-corrected chi connectivity index (χ4v) is 1.42. The standard InChI is InChI=1S/C12H18N2OS/c1-14(2)8-3-9-15-11-6-4-10(5-7-11)12(13)16/h4-7H,3,8-9H2,1-2H3,(H2,13,16). The molecule has 4 heteroatoms. The monoisotopic (exact) mass is 238 g/mol. The van der Waals surface area contributed by atoms with Crippen LogP contribution in [0.25, 0.3) is 0 Å². The minimum Gasteiger partial charge on any atom is -0.494 e. The Hall–Kier alpha value is -1.13. The molecule has 1 aromatic carbocycles. The maximum Gasteiger partial charge on any atom is 0.119 e. The van der Waals surface area contributed by atoms with Crippen LogP contribution in [-0.2, 0) is 0 Å². The van der Waals surface area contributed by atoms with Gasteiger partial charge in [0.05, 0.1) is 6.61 Å². The van der Waals surface area contributed by atoms with E-state index in [1.54, 1.807) is 0 Å². The number of hydrogen-bond acceptors (Lipinski definition) is 3. The molecule has 3 nitrogen and oxygen atoms in total. The lowest BCUT2D eigenvalue weighted by Crippen LogP contribution is -2.15. The maximum atomic E-state index is 5.58. The topological polar surface area (TPSA) is 38.5 Å². The van der Waals surface area contributed by atoms with Crippen molar-refractivity contribution in [3.05, 3.63) is 29.8 Å². The number of rotatable bonds is 6. The lowest BCUT2D eigenvalue weighted by molar-refractivity contribution is 0.281. The molecule has 88 valence electrons. The van der Waals surface area contributed by atoms with Gasteiger partial charge in [-0.05, 0) is 44.8 Å². The van der Waals surface area contributed by atoms with E-state index in [0.29, 0.717) is 4.99 Å². The summed E-state index contributed by atoms with van der Waals surface area (Å²) in [4.78, 5) is 2.55. The number of nitrogens with zero attached hydrogens (tertiary/aromatic N) is 1. The van der Waals surface area contributed by atoms with Gasteiger partial charge in [0.1, 0.15) is 10.7 Å². The van der Waals surface area contributed by atoms with Gasteiger partial charge in [-0.25, -0.2) is 0 Å². The Morgan fingerprint density at radius 2 is 1.94 bits per heavy atom. The zero-order valence-corrected chi connectivity index (χ0v) is 10.6. The zero-order chi connectivity index (χ0) is 12.0. The smallest absolute Gasteiger partial charge is 0.119 e. The predicted molar refractivity (Wildman–Crippen MR) is 71.0 cm³/mol. The fourth-order valence-electron chi connectivity index (χ4n) is 1.29. The van der Waals surface area contributed by atoms with E-state index >= 15 is 0 Å². The molecular formula is C12H18N2OS. The third kappa shape index (κ3) is 4.59. The van der Waals surface area contributed by atoms with Crippen molar-refractivity contribution < 1.29 is 4.74 Å². The van der Waals surface area contributed by atoms with Gasteiger partial charge in [0.2, 0.25) is 0 Å². The van der Waals surface area contributed by atoms with Crippen molar-refractivity contribution in [2.45, 2.75) is 6.42 Å².